The molecule has 0 saturated heterocycles. The van der Waals surface area contributed by atoms with E-state index < -0.39 is 23.0 Å². The second-order valence-corrected chi connectivity index (χ2v) is 6.00. The van der Waals surface area contributed by atoms with E-state index in [4.69, 9.17) is 4.84 Å². The van der Waals surface area contributed by atoms with Crippen LogP contribution in [-0.2, 0) is 11.3 Å². The third-order valence-electron chi connectivity index (χ3n) is 4.11. The molecule has 1 aromatic heterocycles. The number of rotatable bonds is 4. The zero-order valence-electron chi connectivity index (χ0n) is 14.3. The Morgan fingerprint density at radius 3 is 2.39 bits per heavy atom. The van der Waals surface area contributed by atoms with Crippen molar-refractivity contribution in [1.82, 2.24) is 15.5 Å². The standard InChI is InChI=1S/C19H13F3N4O2/c20-15-9-13(10-16(21)18(15)22)17-11-14(8-12-4-2-1-3-5-12)19(27)26(23-17)25-6-7-28-24-25/h1-7,9-11,24H,8H2. The van der Waals surface area contributed by atoms with Gasteiger partial charge in [-0.1, -0.05) is 30.3 Å². The Morgan fingerprint density at radius 1 is 1.04 bits per heavy atom. The molecule has 3 aromatic rings. The number of hydrazine groups is 1. The molecule has 1 N–H and O–H groups in total. The van der Waals surface area contributed by atoms with Crippen LogP contribution in [0.1, 0.15) is 11.1 Å². The zero-order chi connectivity index (χ0) is 19.7. The molecule has 0 radical (unpaired) electrons. The number of halogens is 3. The van der Waals surface area contributed by atoms with Crippen LogP contribution in [0.5, 0.6) is 0 Å². The molecule has 4 rings (SSSR count). The summed E-state index contributed by atoms with van der Waals surface area (Å²) in [5.74, 6) is -4.26. The molecule has 0 saturated carbocycles. The van der Waals surface area contributed by atoms with Crippen molar-refractivity contribution in [1.29, 1.82) is 0 Å². The third-order valence-corrected chi connectivity index (χ3v) is 4.11. The fraction of sp³-hybridized carbons (Fsp3) is 0.0526. The minimum absolute atomic E-state index is 0.0106. The Labute approximate surface area is 157 Å². The van der Waals surface area contributed by atoms with Crippen LogP contribution in [0, 0.1) is 17.5 Å². The van der Waals surface area contributed by atoms with Crippen LogP contribution in [0.25, 0.3) is 11.3 Å². The first-order chi connectivity index (χ1) is 13.5. The maximum atomic E-state index is 13.7. The fourth-order valence-electron chi connectivity index (χ4n) is 2.77. The van der Waals surface area contributed by atoms with Crippen LogP contribution >= 0.6 is 0 Å². The van der Waals surface area contributed by atoms with Gasteiger partial charge in [-0.25, -0.2) is 13.2 Å². The molecule has 1 aliphatic heterocycles. The summed E-state index contributed by atoms with van der Waals surface area (Å²) in [7, 11) is 0. The van der Waals surface area contributed by atoms with Crippen LogP contribution in [0.2, 0.25) is 0 Å². The molecule has 2 heterocycles. The second kappa shape index (κ2) is 7.20. The van der Waals surface area contributed by atoms with Gasteiger partial charge >= 0.3 is 0 Å². The lowest BCUT2D eigenvalue weighted by Gasteiger charge is -2.17. The molecule has 142 valence electrons. The molecular formula is C19H13F3N4O2. The Balaban J connectivity index is 1.86. The largest absolute Gasteiger partial charge is 0.393 e. The van der Waals surface area contributed by atoms with Crippen LogP contribution in [0.4, 0.5) is 13.2 Å². The van der Waals surface area contributed by atoms with Gasteiger partial charge in [0.15, 0.2) is 17.5 Å². The van der Waals surface area contributed by atoms with Gasteiger partial charge in [0.1, 0.15) is 6.26 Å². The lowest BCUT2D eigenvalue weighted by Crippen LogP contribution is -2.46. The molecule has 6 nitrogen and oxygen atoms in total. The number of hydrogen-bond acceptors (Lipinski definition) is 5. The van der Waals surface area contributed by atoms with Gasteiger partial charge in [-0.05, 0) is 29.4 Å². The van der Waals surface area contributed by atoms with Gasteiger partial charge in [0, 0.05) is 17.5 Å². The Morgan fingerprint density at radius 2 is 1.75 bits per heavy atom. The van der Waals surface area contributed by atoms with E-state index in [0.717, 1.165) is 27.6 Å². The summed E-state index contributed by atoms with van der Waals surface area (Å²) in [6.45, 7) is 0. The molecule has 0 bridgehead atoms. The molecule has 2 aromatic carbocycles. The fourth-order valence-corrected chi connectivity index (χ4v) is 2.77. The molecule has 0 aliphatic carbocycles. The summed E-state index contributed by atoms with van der Waals surface area (Å²) < 4.78 is 40.7. The van der Waals surface area contributed by atoms with Crippen LogP contribution in [0.15, 0.2) is 65.8 Å². The van der Waals surface area contributed by atoms with Crippen molar-refractivity contribution < 1.29 is 18.0 Å². The summed E-state index contributed by atoms with van der Waals surface area (Å²) in [6.07, 6.45) is 2.95. The first kappa shape index (κ1) is 17.8. The van der Waals surface area contributed by atoms with E-state index in [-0.39, 0.29) is 17.7 Å². The summed E-state index contributed by atoms with van der Waals surface area (Å²) >= 11 is 0. The highest BCUT2D eigenvalue weighted by molar-refractivity contribution is 5.59. The van der Waals surface area contributed by atoms with Crippen LogP contribution < -0.4 is 16.3 Å². The third kappa shape index (κ3) is 3.35. The van der Waals surface area contributed by atoms with Crippen LogP contribution in [0.3, 0.4) is 0 Å². The van der Waals surface area contributed by atoms with Crippen molar-refractivity contribution in [3.63, 3.8) is 0 Å². The predicted molar refractivity (Wildman–Crippen MR) is 94.6 cm³/mol. The van der Waals surface area contributed by atoms with E-state index in [2.05, 4.69) is 10.7 Å². The topological polar surface area (TPSA) is 59.4 Å². The lowest BCUT2D eigenvalue weighted by molar-refractivity contribution is 0.134. The van der Waals surface area contributed by atoms with Crippen molar-refractivity contribution in [3.05, 3.63) is 99.9 Å². The van der Waals surface area contributed by atoms with Crippen molar-refractivity contribution in [3.8, 4) is 11.3 Å². The number of aromatic nitrogens is 2. The average Bonchev–Trinajstić information content (AvgIpc) is 3.22. The Bertz CT molecular complexity index is 1090. The Kier molecular flexibility index (Phi) is 4.58. The number of hydrogen-bond donors (Lipinski definition) is 1. The van der Waals surface area contributed by atoms with Crippen LogP contribution in [-0.4, -0.2) is 9.89 Å². The van der Waals surface area contributed by atoms with Gasteiger partial charge in [-0.2, -0.15) is 5.12 Å². The van der Waals surface area contributed by atoms with E-state index >= 15 is 0 Å². The zero-order valence-corrected chi connectivity index (χ0v) is 14.3. The summed E-state index contributed by atoms with van der Waals surface area (Å²) in [5, 5.41) is 5.28. The van der Waals surface area contributed by atoms with Crippen molar-refractivity contribution in [2.45, 2.75) is 6.42 Å². The number of benzene rings is 2. The van der Waals surface area contributed by atoms with E-state index in [1.165, 1.54) is 18.5 Å². The van der Waals surface area contributed by atoms with E-state index in [0.29, 0.717) is 5.56 Å². The average molecular weight is 386 g/mol. The molecule has 0 unspecified atom stereocenters. The normalized spacial score (nSPS) is 13.0. The number of nitrogens with one attached hydrogen (secondary N) is 1. The lowest BCUT2D eigenvalue weighted by atomic mass is 10.0. The second-order valence-electron chi connectivity index (χ2n) is 6.00. The molecule has 0 amide bonds. The van der Waals surface area contributed by atoms with E-state index in [9.17, 15) is 18.0 Å². The van der Waals surface area contributed by atoms with Gasteiger partial charge in [-0.15, -0.1) is 9.89 Å². The van der Waals surface area contributed by atoms with Gasteiger partial charge in [0.25, 0.3) is 5.56 Å². The van der Waals surface area contributed by atoms with Crippen molar-refractivity contribution >= 4 is 0 Å². The number of nitrogens with zero attached hydrogens (tertiary/aromatic N) is 3. The maximum absolute atomic E-state index is 13.7. The van der Waals surface area contributed by atoms with Gasteiger partial charge in [-0.3, -0.25) is 4.79 Å². The van der Waals surface area contributed by atoms with Gasteiger partial charge in [0.2, 0.25) is 0 Å². The molecule has 1 aliphatic rings. The smallest absolute Gasteiger partial charge is 0.291 e. The minimum atomic E-state index is -1.57. The van der Waals surface area contributed by atoms with Gasteiger partial charge < -0.3 is 4.84 Å². The summed E-state index contributed by atoms with van der Waals surface area (Å²) in [5.41, 5.74) is 3.23. The minimum Gasteiger partial charge on any atom is -0.393 e. The molecule has 0 fully saturated rings. The monoisotopic (exact) mass is 386 g/mol. The summed E-state index contributed by atoms with van der Waals surface area (Å²) in [6, 6.07) is 12.3. The maximum Gasteiger partial charge on any atom is 0.291 e. The molecule has 0 atom stereocenters. The SMILES string of the molecule is O=c1c(Cc2ccccc2)cc(-c2cc(F)c(F)c(F)c2)nn1N1C=CON1. The van der Waals surface area contributed by atoms with E-state index in [1.807, 2.05) is 30.3 Å². The first-order valence-corrected chi connectivity index (χ1v) is 8.22. The highest BCUT2D eigenvalue weighted by atomic mass is 19.2. The predicted octanol–water partition coefficient (Wildman–Crippen LogP) is 2.78. The highest BCUT2D eigenvalue weighted by Crippen LogP contribution is 2.23. The first-order valence-electron chi connectivity index (χ1n) is 8.22. The summed E-state index contributed by atoms with van der Waals surface area (Å²) in [4.78, 5) is 18.7. The molecular weight excluding hydrogens is 373 g/mol. The molecule has 28 heavy (non-hydrogen) atoms. The molecule has 0 spiro atoms. The van der Waals surface area contributed by atoms with Gasteiger partial charge in [0.05, 0.1) is 11.9 Å². The quantitative estimate of drug-likeness (QED) is 0.699. The highest BCUT2D eigenvalue weighted by Gasteiger charge is 2.18. The van der Waals surface area contributed by atoms with Crippen molar-refractivity contribution in [2.75, 3.05) is 5.12 Å². The van der Waals surface area contributed by atoms with E-state index in [1.54, 1.807) is 0 Å². The molecule has 9 heteroatoms. The van der Waals surface area contributed by atoms with Crippen molar-refractivity contribution in [2.24, 2.45) is 0 Å². The Hall–Kier alpha value is -3.59.